The van der Waals surface area contributed by atoms with Crippen molar-refractivity contribution >= 4 is 28.5 Å². The molecule has 2 N–H and O–H groups in total. The Bertz CT molecular complexity index is 1510. The highest BCUT2D eigenvalue weighted by Crippen LogP contribution is 2.43. The van der Waals surface area contributed by atoms with E-state index >= 15 is 0 Å². The van der Waals surface area contributed by atoms with Crippen LogP contribution in [0.3, 0.4) is 0 Å². The van der Waals surface area contributed by atoms with Crippen molar-refractivity contribution in [2.75, 3.05) is 19.1 Å². The van der Waals surface area contributed by atoms with Crippen LogP contribution >= 0.6 is 0 Å². The van der Waals surface area contributed by atoms with Gasteiger partial charge in [-0.25, -0.2) is 14.6 Å². The lowest BCUT2D eigenvalue weighted by molar-refractivity contribution is -0.139. The van der Waals surface area contributed by atoms with Gasteiger partial charge in [-0.15, -0.1) is 0 Å². The summed E-state index contributed by atoms with van der Waals surface area (Å²) >= 11 is 0. The molecule has 1 aliphatic rings. The van der Waals surface area contributed by atoms with Gasteiger partial charge >= 0.3 is 11.9 Å². The summed E-state index contributed by atoms with van der Waals surface area (Å²) in [5.74, 6) is -2.77. The van der Waals surface area contributed by atoms with Gasteiger partial charge in [-0.2, -0.15) is 5.26 Å². The summed E-state index contributed by atoms with van der Waals surface area (Å²) in [4.78, 5) is 44.4. The number of esters is 2. The van der Waals surface area contributed by atoms with Crippen molar-refractivity contribution in [1.82, 2.24) is 9.55 Å². The maximum Gasteiger partial charge on any atom is 0.355 e. The quantitative estimate of drug-likeness (QED) is 0.564. The van der Waals surface area contributed by atoms with Crippen molar-refractivity contribution in [3.05, 3.63) is 93.4 Å². The molecule has 0 amide bonds. The smallest absolute Gasteiger partial charge is 0.355 e. The van der Waals surface area contributed by atoms with Crippen LogP contribution < -0.4 is 16.2 Å². The molecule has 2 aromatic carbocycles. The number of nitrogens with zero attached hydrogens (tertiary/aromatic N) is 4. The molecular formula is C25H21N5O5. The largest absolute Gasteiger partial charge is 0.466 e. The Balaban J connectivity index is 2.09. The number of aromatic nitrogens is 2. The first-order chi connectivity index (χ1) is 16.8. The van der Waals surface area contributed by atoms with E-state index in [4.69, 9.17) is 15.2 Å². The molecule has 0 spiro atoms. The minimum Gasteiger partial charge on any atom is -0.466 e. The molecule has 4 rings (SSSR count). The fourth-order valence-electron chi connectivity index (χ4n) is 4.12. The summed E-state index contributed by atoms with van der Waals surface area (Å²) in [7, 11) is 3.90. The predicted molar refractivity (Wildman–Crippen MR) is 127 cm³/mol. The van der Waals surface area contributed by atoms with Gasteiger partial charge in [0.15, 0.2) is 0 Å². The zero-order chi connectivity index (χ0) is 25.3. The van der Waals surface area contributed by atoms with E-state index in [9.17, 15) is 19.6 Å². The first-order valence-electron chi connectivity index (χ1n) is 10.4. The number of anilines is 1. The molecule has 35 heavy (non-hydrogen) atoms. The average Bonchev–Trinajstić information content (AvgIpc) is 2.89. The van der Waals surface area contributed by atoms with Gasteiger partial charge in [0, 0.05) is 12.7 Å². The first kappa shape index (κ1) is 23.3. The third-order valence-electron chi connectivity index (χ3n) is 5.77. The van der Waals surface area contributed by atoms with Crippen LogP contribution in [-0.2, 0) is 26.1 Å². The minimum atomic E-state index is -0.978. The van der Waals surface area contributed by atoms with Gasteiger partial charge < -0.3 is 19.8 Å². The summed E-state index contributed by atoms with van der Waals surface area (Å²) in [6, 6.07) is 15.4. The van der Waals surface area contributed by atoms with Crippen molar-refractivity contribution in [3.63, 3.8) is 0 Å². The standard InChI is InChI=1S/C25H21N5O5/c1-29-13-28-18-10-9-15(11-16(18)23(29)31)30-21(25(33)35-3)20(24(32)34-2)19(17(12-26)22(30)27)14-7-5-4-6-8-14/h4-11,13,19H,27H2,1-3H3. The summed E-state index contributed by atoms with van der Waals surface area (Å²) in [6.45, 7) is 0. The Morgan fingerprint density at radius 3 is 2.40 bits per heavy atom. The van der Waals surface area contributed by atoms with Crippen LogP contribution in [0.4, 0.5) is 5.69 Å². The van der Waals surface area contributed by atoms with E-state index in [1.165, 1.54) is 36.1 Å². The molecule has 176 valence electrons. The molecule has 10 heteroatoms. The zero-order valence-corrected chi connectivity index (χ0v) is 19.2. The van der Waals surface area contributed by atoms with E-state index in [2.05, 4.69) is 11.1 Å². The van der Waals surface area contributed by atoms with Gasteiger partial charge in [0.05, 0.1) is 54.6 Å². The Kier molecular flexibility index (Phi) is 6.08. The van der Waals surface area contributed by atoms with Gasteiger partial charge in [-0.05, 0) is 23.8 Å². The Labute approximate surface area is 200 Å². The highest BCUT2D eigenvalue weighted by molar-refractivity contribution is 6.06. The van der Waals surface area contributed by atoms with Crippen LogP contribution in [0.5, 0.6) is 0 Å². The molecule has 10 nitrogen and oxygen atoms in total. The summed E-state index contributed by atoms with van der Waals surface area (Å²) in [5.41, 5.74) is 7.11. The van der Waals surface area contributed by atoms with Gasteiger partial charge in [-0.3, -0.25) is 9.69 Å². The highest BCUT2D eigenvalue weighted by atomic mass is 16.5. The monoisotopic (exact) mass is 471 g/mol. The number of fused-ring (bicyclic) bond motifs is 1. The predicted octanol–water partition coefficient (Wildman–Crippen LogP) is 1.83. The van der Waals surface area contributed by atoms with Crippen molar-refractivity contribution in [1.29, 1.82) is 5.26 Å². The lowest BCUT2D eigenvalue weighted by Gasteiger charge is -2.35. The lowest BCUT2D eigenvalue weighted by atomic mass is 9.81. The van der Waals surface area contributed by atoms with E-state index in [0.29, 0.717) is 11.1 Å². The molecule has 0 saturated heterocycles. The minimum absolute atomic E-state index is 0.0310. The van der Waals surface area contributed by atoms with E-state index < -0.39 is 17.9 Å². The van der Waals surface area contributed by atoms with Crippen LogP contribution in [0.25, 0.3) is 10.9 Å². The van der Waals surface area contributed by atoms with E-state index in [1.807, 2.05) is 0 Å². The van der Waals surface area contributed by atoms with Gasteiger partial charge in [0.1, 0.15) is 11.5 Å². The number of rotatable bonds is 4. The van der Waals surface area contributed by atoms with E-state index in [1.54, 1.807) is 49.5 Å². The summed E-state index contributed by atoms with van der Waals surface area (Å²) in [5, 5.41) is 10.4. The Hall–Kier alpha value is -4.91. The molecule has 0 radical (unpaired) electrons. The number of aryl methyl sites for hydroxylation is 1. The maximum absolute atomic E-state index is 13.1. The maximum atomic E-state index is 13.1. The topological polar surface area (TPSA) is 141 Å². The lowest BCUT2D eigenvalue weighted by Crippen LogP contribution is -2.40. The fourth-order valence-corrected chi connectivity index (χ4v) is 4.12. The SMILES string of the molecule is COC(=O)C1=C(C(=O)OC)N(c2ccc3ncn(C)c(=O)c3c2)C(N)=C(C#N)C1c1ccccc1. The second-order valence-corrected chi connectivity index (χ2v) is 7.70. The molecule has 2 heterocycles. The number of allylic oxidation sites excluding steroid dienone is 1. The molecule has 1 aliphatic heterocycles. The van der Waals surface area contributed by atoms with Gasteiger partial charge in [0.25, 0.3) is 5.56 Å². The number of carbonyl (C=O) groups is 2. The number of carbonyl (C=O) groups excluding carboxylic acids is 2. The average molecular weight is 471 g/mol. The molecule has 0 fully saturated rings. The van der Waals surface area contributed by atoms with Crippen molar-refractivity contribution in [3.8, 4) is 6.07 Å². The normalized spacial score (nSPS) is 15.7. The van der Waals surface area contributed by atoms with Crippen LogP contribution in [-0.4, -0.2) is 35.7 Å². The molecule has 0 bridgehead atoms. The number of nitrogens with two attached hydrogens (primary N) is 1. The zero-order valence-electron chi connectivity index (χ0n) is 19.2. The summed E-state index contributed by atoms with van der Waals surface area (Å²) in [6.07, 6.45) is 1.40. The van der Waals surface area contributed by atoms with Crippen molar-refractivity contribution in [2.45, 2.75) is 5.92 Å². The van der Waals surface area contributed by atoms with E-state index in [-0.39, 0.29) is 39.3 Å². The van der Waals surface area contributed by atoms with Crippen LogP contribution in [0, 0.1) is 11.3 Å². The summed E-state index contributed by atoms with van der Waals surface area (Å²) < 4.78 is 11.3. The molecular weight excluding hydrogens is 450 g/mol. The third-order valence-corrected chi connectivity index (χ3v) is 5.77. The van der Waals surface area contributed by atoms with E-state index in [0.717, 1.165) is 0 Å². The first-order valence-corrected chi connectivity index (χ1v) is 10.4. The number of benzene rings is 2. The number of nitriles is 1. The molecule has 3 aromatic rings. The number of hydrogen-bond donors (Lipinski definition) is 1. The van der Waals surface area contributed by atoms with Gasteiger partial charge in [0.2, 0.25) is 0 Å². The Morgan fingerprint density at radius 1 is 1.09 bits per heavy atom. The molecule has 1 unspecified atom stereocenters. The van der Waals surface area contributed by atoms with Crippen molar-refractivity contribution in [2.24, 2.45) is 12.8 Å². The Morgan fingerprint density at radius 2 is 1.77 bits per heavy atom. The second-order valence-electron chi connectivity index (χ2n) is 7.70. The molecule has 1 atom stereocenters. The third kappa shape index (κ3) is 3.79. The number of methoxy groups -OCH3 is 2. The van der Waals surface area contributed by atoms with Crippen LogP contribution in [0.15, 0.2) is 82.3 Å². The number of ether oxygens (including phenoxy) is 2. The molecule has 0 saturated carbocycles. The highest BCUT2D eigenvalue weighted by Gasteiger charge is 2.43. The fraction of sp³-hybridized carbons (Fsp3) is 0.160. The second kappa shape index (κ2) is 9.15. The van der Waals surface area contributed by atoms with Crippen LogP contribution in [0.2, 0.25) is 0 Å². The molecule has 1 aromatic heterocycles. The van der Waals surface area contributed by atoms with Crippen molar-refractivity contribution < 1.29 is 19.1 Å². The van der Waals surface area contributed by atoms with Gasteiger partial charge in [-0.1, -0.05) is 30.3 Å². The molecule has 0 aliphatic carbocycles. The number of hydrogen-bond acceptors (Lipinski definition) is 9. The van der Waals surface area contributed by atoms with Crippen LogP contribution in [0.1, 0.15) is 11.5 Å².